The number of carboxylic acid groups (broad SMARTS) is 1. The zero-order chi connectivity index (χ0) is 13.1. The number of rotatable bonds is 4. The molecule has 0 bridgehead atoms. The summed E-state index contributed by atoms with van der Waals surface area (Å²) in [7, 11) is -3.83. The third-order valence-corrected chi connectivity index (χ3v) is 3.59. The number of nitrogens with one attached hydrogen (secondary N) is 1. The number of terminal acetylenes is 1. The summed E-state index contributed by atoms with van der Waals surface area (Å²) < 4.78 is 25.5. The molecule has 0 heterocycles. The van der Waals surface area contributed by atoms with E-state index in [1.165, 1.54) is 31.2 Å². The predicted molar refractivity (Wildman–Crippen MR) is 61.8 cm³/mol. The first-order valence-electron chi connectivity index (χ1n) is 4.68. The van der Waals surface area contributed by atoms with Gasteiger partial charge in [-0.3, -0.25) is 4.79 Å². The van der Waals surface area contributed by atoms with Crippen LogP contribution in [-0.4, -0.2) is 25.5 Å². The van der Waals surface area contributed by atoms with Crippen molar-refractivity contribution in [1.29, 1.82) is 0 Å². The standard InChI is InChI=1S/C11H11NO4S/c1-3-9-4-6-10(7-5-9)17(15,16)12-8(2)11(13)14/h1,4-8,12H,2H3,(H,13,14)/t8-/m1/s1. The van der Waals surface area contributed by atoms with Crippen LogP contribution >= 0.6 is 0 Å². The number of hydrogen-bond donors (Lipinski definition) is 2. The van der Waals surface area contributed by atoms with Crippen molar-refractivity contribution in [2.24, 2.45) is 0 Å². The Labute approximate surface area is 99.5 Å². The summed E-state index contributed by atoms with van der Waals surface area (Å²) in [6.45, 7) is 1.25. The highest BCUT2D eigenvalue weighted by molar-refractivity contribution is 7.89. The second kappa shape index (κ2) is 4.99. The van der Waals surface area contributed by atoms with Gasteiger partial charge in [-0.05, 0) is 31.2 Å². The Kier molecular flexibility index (Phi) is 3.89. The lowest BCUT2D eigenvalue weighted by atomic mass is 10.2. The van der Waals surface area contributed by atoms with Crippen LogP contribution in [0.15, 0.2) is 29.2 Å². The molecule has 0 amide bonds. The summed E-state index contributed by atoms with van der Waals surface area (Å²) in [5.41, 5.74) is 0.551. The van der Waals surface area contributed by atoms with Gasteiger partial charge in [-0.2, -0.15) is 4.72 Å². The first-order chi connectivity index (χ1) is 7.86. The molecule has 0 fully saturated rings. The van der Waals surface area contributed by atoms with E-state index >= 15 is 0 Å². The fourth-order valence-corrected chi connectivity index (χ4v) is 2.28. The molecule has 0 unspecified atom stereocenters. The van der Waals surface area contributed by atoms with Crippen molar-refractivity contribution in [2.75, 3.05) is 0 Å². The first kappa shape index (κ1) is 13.2. The molecule has 0 radical (unpaired) electrons. The predicted octanol–water partition coefficient (Wildman–Crippen LogP) is 0.419. The lowest BCUT2D eigenvalue weighted by Gasteiger charge is -2.10. The van der Waals surface area contributed by atoms with Crippen LogP contribution in [0.5, 0.6) is 0 Å². The van der Waals surface area contributed by atoms with Crippen molar-refractivity contribution in [3.63, 3.8) is 0 Å². The Morgan fingerprint density at radius 2 is 1.94 bits per heavy atom. The Bertz CT molecular complexity index is 554. The molecule has 0 aliphatic heterocycles. The highest BCUT2D eigenvalue weighted by atomic mass is 32.2. The van der Waals surface area contributed by atoms with E-state index in [0.29, 0.717) is 5.56 Å². The molecule has 90 valence electrons. The normalized spacial score (nSPS) is 12.7. The van der Waals surface area contributed by atoms with Gasteiger partial charge in [-0.1, -0.05) is 5.92 Å². The van der Waals surface area contributed by atoms with Gasteiger partial charge in [0.2, 0.25) is 10.0 Å². The smallest absolute Gasteiger partial charge is 0.321 e. The zero-order valence-electron chi connectivity index (χ0n) is 9.04. The van der Waals surface area contributed by atoms with Gasteiger partial charge >= 0.3 is 5.97 Å². The van der Waals surface area contributed by atoms with Gasteiger partial charge in [0.15, 0.2) is 0 Å². The molecule has 2 N–H and O–H groups in total. The monoisotopic (exact) mass is 253 g/mol. The largest absolute Gasteiger partial charge is 0.480 e. The Morgan fingerprint density at radius 3 is 2.35 bits per heavy atom. The van der Waals surface area contributed by atoms with Crippen LogP contribution in [0.1, 0.15) is 12.5 Å². The van der Waals surface area contributed by atoms with E-state index in [4.69, 9.17) is 11.5 Å². The van der Waals surface area contributed by atoms with E-state index in [0.717, 1.165) is 0 Å². The van der Waals surface area contributed by atoms with Gasteiger partial charge in [0.25, 0.3) is 0 Å². The molecule has 1 aromatic rings. The number of carbonyl (C=O) groups is 1. The molecular weight excluding hydrogens is 242 g/mol. The molecule has 0 saturated carbocycles. The van der Waals surface area contributed by atoms with Crippen LogP contribution in [0.4, 0.5) is 0 Å². The third kappa shape index (κ3) is 3.31. The van der Waals surface area contributed by atoms with Gasteiger partial charge < -0.3 is 5.11 Å². The van der Waals surface area contributed by atoms with Crippen molar-refractivity contribution >= 4 is 16.0 Å². The van der Waals surface area contributed by atoms with E-state index < -0.39 is 22.0 Å². The zero-order valence-corrected chi connectivity index (χ0v) is 9.86. The third-order valence-electron chi connectivity index (χ3n) is 2.03. The summed E-state index contributed by atoms with van der Waals surface area (Å²) >= 11 is 0. The summed E-state index contributed by atoms with van der Waals surface area (Å²) in [4.78, 5) is 10.5. The van der Waals surface area contributed by atoms with Gasteiger partial charge in [-0.25, -0.2) is 8.42 Å². The van der Waals surface area contributed by atoms with Crippen LogP contribution in [0.2, 0.25) is 0 Å². The molecule has 5 nitrogen and oxygen atoms in total. The highest BCUT2D eigenvalue weighted by Gasteiger charge is 2.21. The maximum atomic E-state index is 11.7. The summed E-state index contributed by atoms with van der Waals surface area (Å²) in [6.07, 6.45) is 5.14. The van der Waals surface area contributed by atoms with E-state index in [9.17, 15) is 13.2 Å². The number of hydrogen-bond acceptors (Lipinski definition) is 3. The SMILES string of the molecule is C#Cc1ccc(S(=O)(=O)N[C@H](C)C(=O)O)cc1. The van der Waals surface area contributed by atoms with E-state index in [1.54, 1.807) is 0 Å². The van der Waals surface area contributed by atoms with Crippen LogP contribution in [-0.2, 0) is 14.8 Å². The topological polar surface area (TPSA) is 83.5 Å². The average Bonchev–Trinajstić information content (AvgIpc) is 2.28. The van der Waals surface area contributed by atoms with Crippen molar-refractivity contribution in [1.82, 2.24) is 4.72 Å². The molecule has 1 atom stereocenters. The molecular formula is C11H11NO4S. The number of aliphatic carboxylic acids is 1. The molecule has 6 heteroatoms. The van der Waals surface area contributed by atoms with Crippen LogP contribution in [0, 0.1) is 12.3 Å². The second-order valence-electron chi connectivity index (χ2n) is 3.35. The van der Waals surface area contributed by atoms with Crippen LogP contribution in [0.3, 0.4) is 0 Å². The summed E-state index contributed by atoms with van der Waals surface area (Å²) in [5, 5.41) is 8.62. The molecule has 1 aromatic carbocycles. The van der Waals surface area contributed by atoms with Gasteiger partial charge in [-0.15, -0.1) is 6.42 Å². The Hall–Kier alpha value is -1.84. The van der Waals surface area contributed by atoms with E-state index in [2.05, 4.69) is 5.92 Å². The maximum Gasteiger partial charge on any atom is 0.321 e. The second-order valence-corrected chi connectivity index (χ2v) is 5.06. The molecule has 0 aliphatic carbocycles. The number of carboxylic acids is 1. The molecule has 0 aliphatic rings. The lowest BCUT2D eigenvalue weighted by molar-refractivity contribution is -0.138. The quantitative estimate of drug-likeness (QED) is 0.762. The fourth-order valence-electron chi connectivity index (χ4n) is 1.08. The summed E-state index contributed by atoms with van der Waals surface area (Å²) in [6, 6.07) is 4.41. The van der Waals surface area contributed by atoms with Gasteiger partial charge in [0, 0.05) is 5.56 Å². The van der Waals surface area contributed by atoms with E-state index in [1.807, 2.05) is 4.72 Å². The van der Waals surface area contributed by atoms with Gasteiger partial charge in [0.05, 0.1) is 4.90 Å². The Morgan fingerprint density at radius 1 is 1.41 bits per heavy atom. The van der Waals surface area contributed by atoms with E-state index in [-0.39, 0.29) is 4.90 Å². The minimum absolute atomic E-state index is 0.0235. The lowest BCUT2D eigenvalue weighted by Crippen LogP contribution is -2.38. The summed E-state index contributed by atoms with van der Waals surface area (Å²) in [5.74, 6) is 1.11. The Balaban J connectivity index is 2.98. The van der Waals surface area contributed by atoms with Crippen molar-refractivity contribution < 1.29 is 18.3 Å². The van der Waals surface area contributed by atoms with Crippen molar-refractivity contribution in [3.05, 3.63) is 29.8 Å². The number of sulfonamides is 1. The van der Waals surface area contributed by atoms with Gasteiger partial charge in [0.1, 0.15) is 6.04 Å². The first-order valence-corrected chi connectivity index (χ1v) is 6.17. The molecule has 0 saturated heterocycles. The molecule has 17 heavy (non-hydrogen) atoms. The molecule has 0 aromatic heterocycles. The maximum absolute atomic E-state index is 11.7. The minimum Gasteiger partial charge on any atom is -0.480 e. The average molecular weight is 253 g/mol. The molecule has 1 rings (SSSR count). The van der Waals surface area contributed by atoms with Crippen molar-refractivity contribution in [3.8, 4) is 12.3 Å². The number of benzene rings is 1. The minimum atomic E-state index is -3.83. The highest BCUT2D eigenvalue weighted by Crippen LogP contribution is 2.10. The van der Waals surface area contributed by atoms with Crippen LogP contribution < -0.4 is 4.72 Å². The fraction of sp³-hybridized carbons (Fsp3) is 0.182. The van der Waals surface area contributed by atoms with Crippen LogP contribution in [0.25, 0.3) is 0 Å². The molecule has 0 spiro atoms. The van der Waals surface area contributed by atoms with Crippen molar-refractivity contribution in [2.45, 2.75) is 17.9 Å².